The van der Waals surface area contributed by atoms with Crippen LogP contribution in [0.15, 0.2) is 400 Å². The van der Waals surface area contributed by atoms with Crippen molar-refractivity contribution >= 4 is 125 Å². The summed E-state index contributed by atoms with van der Waals surface area (Å²) in [5.74, 6) is 3.58. The van der Waals surface area contributed by atoms with E-state index < -0.39 is 10.8 Å². The number of nitrogens with zero attached hydrogens (tertiary/aromatic N) is 1. The molecule has 0 saturated carbocycles. The lowest BCUT2D eigenvalue weighted by molar-refractivity contribution is 0.436. The van der Waals surface area contributed by atoms with E-state index in [4.69, 9.17) is 21.1 Å². The fourth-order valence-corrected chi connectivity index (χ4v) is 21.2. The van der Waals surface area contributed by atoms with Crippen LogP contribution in [0.2, 0.25) is 5.02 Å². The average Bonchev–Trinajstić information content (AvgIpc) is 1.51. The van der Waals surface area contributed by atoms with Crippen LogP contribution in [0.1, 0.15) is 51.9 Å². The molecule has 4 aliphatic rings. The predicted molar refractivity (Wildman–Crippen MR) is 482 cm³/mol. The zero-order chi connectivity index (χ0) is 74.7. The molecule has 18 aromatic carbocycles. The van der Waals surface area contributed by atoms with Crippen molar-refractivity contribution in [2.45, 2.75) is 18.3 Å². The Balaban J connectivity index is 0.000000118. The van der Waals surface area contributed by atoms with E-state index in [1.54, 1.807) is 0 Å². The van der Waals surface area contributed by atoms with Gasteiger partial charge in [-0.25, -0.2) is 0 Å². The quantitative estimate of drug-likeness (QED) is 0.172. The van der Waals surface area contributed by atoms with Crippen molar-refractivity contribution in [1.82, 2.24) is 0 Å². The van der Waals surface area contributed by atoms with Gasteiger partial charge in [0.15, 0.2) is 0 Å². The van der Waals surface area contributed by atoms with E-state index in [1.807, 2.05) is 46.9 Å². The van der Waals surface area contributed by atoms with Crippen LogP contribution < -0.4 is 19.7 Å². The van der Waals surface area contributed by atoms with Gasteiger partial charge in [-0.3, -0.25) is 0 Å². The van der Waals surface area contributed by atoms with Gasteiger partial charge in [0.25, 0.3) is 0 Å². The molecule has 20 aromatic rings. The van der Waals surface area contributed by atoms with Crippen molar-refractivity contribution in [2.24, 2.45) is 0 Å². The van der Waals surface area contributed by atoms with E-state index >= 15 is 0 Å². The molecule has 2 aromatic heterocycles. The topological polar surface area (TPSA) is 33.7 Å². The maximum absolute atomic E-state index is 6.92. The molecule has 0 saturated heterocycles. The molecule has 0 radical (unpaired) electrons. The van der Waals surface area contributed by atoms with Gasteiger partial charge < -0.3 is 19.7 Å². The molecule has 114 heavy (non-hydrogen) atoms. The van der Waals surface area contributed by atoms with Crippen molar-refractivity contribution < 1.29 is 9.47 Å². The van der Waals surface area contributed by atoms with Gasteiger partial charge in [-0.15, -0.1) is 22.7 Å². The summed E-state index contributed by atoms with van der Waals surface area (Å²) in [6.07, 6.45) is 0. The number of hydrogen-bond acceptors (Lipinski definition) is 6. The number of fused-ring (bicyclic) bond motifs is 28. The molecule has 4 heterocycles. The number of thiophene rings is 2. The fraction of sp³-hybridized carbons (Fsp3) is 0.0280. The van der Waals surface area contributed by atoms with Crippen LogP contribution in [0.3, 0.4) is 0 Å². The molecule has 7 heteroatoms. The molecule has 1 N–H and O–H groups in total. The van der Waals surface area contributed by atoms with Crippen molar-refractivity contribution in [1.29, 1.82) is 0 Å². The molecule has 24 rings (SSSR count). The SMILES string of the molecule is C.Clc1cccc2c1-c1c(ccc3ccccc13)C21c2ccccc2Oc2ccccc21.c1ccc(-c2ccc(N(c3ccc4c(c3)sc3ccccc34)c3cccc4c3-c3c(ccc5ccccc35)C43c4ccccc4Oc4ccccc43)cc2)cc1.c1ccc(-c2ccc(Nc3ccc4c(c3)sc3ccccc34)cc2)cc1. The van der Waals surface area contributed by atoms with Crippen molar-refractivity contribution in [3.05, 3.63) is 450 Å². The van der Waals surface area contributed by atoms with Crippen molar-refractivity contribution in [3.8, 4) is 67.5 Å². The highest BCUT2D eigenvalue weighted by atomic mass is 35.5. The molecule has 2 aliphatic carbocycles. The first-order valence-electron chi connectivity index (χ1n) is 38.4. The summed E-state index contributed by atoms with van der Waals surface area (Å²) >= 11 is 10.6. The Kier molecular flexibility index (Phi) is 16.6. The summed E-state index contributed by atoms with van der Waals surface area (Å²) in [6, 6.07) is 144. The van der Waals surface area contributed by atoms with Crippen LogP contribution in [0.25, 0.3) is 106 Å². The first-order valence-corrected chi connectivity index (χ1v) is 40.4. The van der Waals surface area contributed by atoms with Gasteiger partial charge in [0.1, 0.15) is 23.0 Å². The van der Waals surface area contributed by atoms with Gasteiger partial charge in [0, 0.05) is 101 Å². The molecular formula is C107H71ClN2O2S2. The van der Waals surface area contributed by atoms with Crippen molar-refractivity contribution in [3.63, 3.8) is 0 Å². The summed E-state index contributed by atoms with van der Waals surface area (Å²) in [5, 5.41) is 14.5. The van der Waals surface area contributed by atoms with Gasteiger partial charge in [0.05, 0.1) is 16.5 Å². The van der Waals surface area contributed by atoms with Gasteiger partial charge in [-0.05, 0) is 174 Å². The number of nitrogens with one attached hydrogen (secondary N) is 1. The summed E-state index contributed by atoms with van der Waals surface area (Å²) in [4.78, 5) is 2.49. The van der Waals surface area contributed by atoms with Crippen LogP contribution in [0.4, 0.5) is 28.4 Å². The minimum atomic E-state index is -0.589. The lowest BCUT2D eigenvalue weighted by Gasteiger charge is -2.39. The zero-order valence-corrected chi connectivity index (χ0v) is 63.5. The fourth-order valence-electron chi connectivity index (χ4n) is 18.6. The summed E-state index contributed by atoms with van der Waals surface area (Å²) in [5.41, 5.74) is 24.0. The summed E-state index contributed by atoms with van der Waals surface area (Å²) in [6.45, 7) is 0. The Bertz CT molecular complexity index is 7100. The van der Waals surface area contributed by atoms with Gasteiger partial charge in [-0.1, -0.05) is 322 Å². The minimum absolute atomic E-state index is 0. The van der Waals surface area contributed by atoms with Crippen LogP contribution in [-0.2, 0) is 10.8 Å². The van der Waals surface area contributed by atoms with Crippen molar-refractivity contribution in [2.75, 3.05) is 10.2 Å². The van der Waals surface area contributed by atoms with Gasteiger partial charge in [-0.2, -0.15) is 0 Å². The normalized spacial score (nSPS) is 13.0. The summed E-state index contributed by atoms with van der Waals surface area (Å²) < 4.78 is 18.3. The predicted octanol–water partition coefficient (Wildman–Crippen LogP) is 30.9. The molecule has 0 unspecified atom stereocenters. The van der Waals surface area contributed by atoms with Crippen LogP contribution in [0, 0.1) is 0 Å². The minimum Gasteiger partial charge on any atom is -0.457 e. The lowest BCUT2D eigenvalue weighted by atomic mass is 9.66. The number of hydrogen-bond donors (Lipinski definition) is 1. The maximum Gasteiger partial charge on any atom is 0.132 e. The van der Waals surface area contributed by atoms with E-state index in [1.165, 1.54) is 123 Å². The second-order valence-corrected chi connectivity index (χ2v) is 31.9. The third-order valence-corrected chi connectivity index (χ3v) is 26.0. The highest BCUT2D eigenvalue weighted by Crippen LogP contribution is 2.67. The third-order valence-electron chi connectivity index (χ3n) is 23.4. The van der Waals surface area contributed by atoms with E-state index in [0.29, 0.717) is 0 Å². The van der Waals surface area contributed by atoms with E-state index in [0.717, 1.165) is 84.3 Å². The Hall–Kier alpha value is -13.6. The number of anilines is 5. The standard InChI is InChI=1S/C53H33NOS.C29H17ClO.C24H17NS.CH4/c1-2-13-34(14-3-1)35-25-28-37(29-26-35)54(38-30-31-41-40-17-6-11-24-49(40)56-50(41)33-38)46-21-12-20-44-52(46)51-39-16-5-4-15-36(39)27-32-45(51)53(44)42-18-7-9-22-47(42)55-48-23-10-8-19-43(48)53;30-24-13-7-12-22-28(24)27-19-9-2-1-8-18(19)16-17-23(27)29(22)20-10-3-5-14-25(20)31-26-15-6-4-11-21(26)29;1-2-6-17(7-3-1)18-10-12-19(13-11-18)25-20-14-15-22-21-8-4-5-9-23(21)26-24(22)16-20;/h1-33H;1-17H;1-16,25H;1H4. The van der Waals surface area contributed by atoms with E-state index in [-0.39, 0.29) is 7.43 Å². The molecule has 0 amide bonds. The molecule has 4 nitrogen and oxygen atoms in total. The van der Waals surface area contributed by atoms with Gasteiger partial charge >= 0.3 is 0 Å². The van der Waals surface area contributed by atoms with Crippen LogP contribution in [0.5, 0.6) is 23.0 Å². The summed E-state index contributed by atoms with van der Waals surface area (Å²) in [7, 11) is 0. The Morgan fingerprint density at radius 2 is 0.623 bits per heavy atom. The first kappa shape index (κ1) is 68.4. The largest absolute Gasteiger partial charge is 0.457 e. The molecular weight excluding hydrogens is 1440 g/mol. The van der Waals surface area contributed by atoms with Crippen LogP contribution >= 0.6 is 34.3 Å². The molecule has 2 spiro atoms. The molecule has 0 bridgehead atoms. The zero-order valence-electron chi connectivity index (χ0n) is 61.1. The monoisotopic (exact) mass is 1510 g/mol. The number of rotatable bonds is 7. The van der Waals surface area contributed by atoms with E-state index in [9.17, 15) is 0 Å². The number of halogens is 1. The Morgan fingerprint density at radius 1 is 0.254 bits per heavy atom. The average molecular weight is 1520 g/mol. The molecule has 540 valence electrons. The Morgan fingerprint density at radius 3 is 1.15 bits per heavy atom. The smallest absolute Gasteiger partial charge is 0.132 e. The second-order valence-electron chi connectivity index (χ2n) is 29.4. The first-order chi connectivity index (χ1) is 55.9. The van der Waals surface area contributed by atoms with Gasteiger partial charge in [0.2, 0.25) is 0 Å². The molecule has 0 fully saturated rings. The number of benzene rings is 18. The third kappa shape index (κ3) is 10.8. The highest BCUT2D eigenvalue weighted by molar-refractivity contribution is 7.26. The number of para-hydroxylation sites is 4. The highest BCUT2D eigenvalue weighted by Gasteiger charge is 2.54. The van der Waals surface area contributed by atoms with E-state index in [2.05, 4.69) is 386 Å². The Labute approximate surface area is 674 Å². The lowest BCUT2D eigenvalue weighted by Crippen LogP contribution is -2.32. The molecule has 0 atom stereocenters. The molecule has 2 aliphatic heterocycles. The second kappa shape index (κ2) is 27.7. The number of ether oxygens (including phenoxy) is 2. The maximum atomic E-state index is 6.92. The van der Waals surface area contributed by atoms with Crippen LogP contribution in [-0.4, -0.2) is 0 Å².